The Balaban J connectivity index is 2.46. The Morgan fingerprint density at radius 1 is 1.42 bits per heavy atom. The molecule has 0 aromatic heterocycles. The molecule has 1 aliphatic rings. The van der Waals surface area contributed by atoms with Crippen molar-refractivity contribution in [2.45, 2.75) is 6.18 Å². The van der Waals surface area contributed by atoms with E-state index >= 15 is 0 Å². The molecule has 0 atom stereocenters. The molecule has 1 aromatic rings. The molecule has 7 heteroatoms. The highest BCUT2D eigenvalue weighted by molar-refractivity contribution is 6.05. The van der Waals surface area contributed by atoms with E-state index in [-0.39, 0.29) is 11.3 Å². The van der Waals surface area contributed by atoms with Crippen LogP contribution in [0.1, 0.15) is 5.56 Å². The van der Waals surface area contributed by atoms with Gasteiger partial charge in [0.25, 0.3) is 5.78 Å². The van der Waals surface area contributed by atoms with E-state index in [1.165, 1.54) is 25.3 Å². The Morgan fingerprint density at radius 2 is 2.11 bits per heavy atom. The van der Waals surface area contributed by atoms with Crippen molar-refractivity contribution in [3.05, 3.63) is 29.3 Å². The molecule has 102 valence electrons. The van der Waals surface area contributed by atoms with Crippen LogP contribution in [-0.4, -0.2) is 30.8 Å². The fourth-order valence-electron chi connectivity index (χ4n) is 1.67. The minimum absolute atomic E-state index is 0.0275. The Kier molecular flexibility index (Phi) is 3.13. The highest BCUT2D eigenvalue weighted by Crippen LogP contribution is 2.36. The minimum Gasteiger partial charge on any atom is -0.507 e. The second-order valence-electron chi connectivity index (χ2n) is 3.80. The maximum Gasteiger partial charge on any atom is 0.454 e. The van der Waals surface area contributed by atoms with Crippen LogP contribution in [0.3, 0.4) is 0 Å². The van der Waals surface area contributed by atoms with Crippen LogP contribution in [-0.2, 0) is 4.79 Å². The van der Waals surface area contributed by atoms with Gasteiger partial charge in [-0.25, -0.2) is 0 Å². The molecule has 0 fully saturated rings. The van der Waals surface area contributed by atoms with Gasteiger partial charge in [0.15, 0.2) is 0 Å². The second kappa shape index (κ2) is 4.49. The molecule has 1 heterocycles. The van der Waals surface area contributed by atoms with Crippen molar-refractivity contribution >= 4 is 11.5 Å². The first-order valence-corrected chi connectivity index (χ1v) is 5.19. The summed E-state index contributed by atoms with van der Waals surface area (Å²) in [6.45, 7) is -0.635. The van der Waals surface area contributed by atoms with Crippen molar-refractivity contribution in [3.8, 4) is 11.5 Å². The van der Waals surface area contributed by atoms with Crippen LogP contribution in [0.15, 0.2) is 23.8 Å². The lowest BCUT2D eigenvalue weighted by molar-refractivity contribution is -0.167. The molecule has 1 aliphatic heterocycles. The molecule has 0 spiro atoms. The summed E-state index contributed by atoms with van der Waals surface area (Å²) in [5.74, 6) is -2.23. The fourth-order valence-corrected chi connectivity index (χ4v) is 1.67. The number of halogens is 3. The highest BCUT2D eigenvalue weighted by atomic mass is 19.4. The van der Waals surface area contributed by atoms with Gasteiger partial charge in [0.1, 0.15) is 23.9 Å². The zero-order valence-electron chi connectivity index (χ0n) is 9.75. The number of ether oxygens (including phenoxy) is 2. The molecular formula is C12H9F3O4. The summed E-state index contributed by atoms with van der Waals surface area (Å²) in [5.41, 5.74) is -0.773. The van der Waals surface area contributed by atoms with Gasteiger partial charge in [-0.3, -0.25) is 4.79 Å². The van der Waals surface area contributed by atoms with Gasteiger partial charge in [-0.2, -0.15) is 13.2 Å². The van der Waals surface area contributed by atoms with Gasteiger partial charge in [-0.1, -0.05) is 0 Å². The third kappa shape index (κ3) is 2.35. The first-order chi connectivity index (χ1) is 8.84. The number of alkyl halides is 3. The fraction of sp³-hybridized carbons (Fsp3) is 0.250. The van der Waals surface area contributed by atoms with Crippen LogP contribution >= 0.6 is 0 Å². The standard InChI is InChI=1S/C12H9F3O4/c1-18-6-2-3-7-9(4-6)19-5-8(10(7)16)11(17)12(13,14)15/h2-4,16H,5H2,1H3. The normalized spacial score (nSPS) is 14.7. The summed E-state index contributed by atoms with van der Waals surface area (Å²) in [5, 5.41) is 9.76. The van der Waals surface area contributed by atoms with E-state index in [2.05, 4.69) is 0 Å². The average molecular weight is 274 g/mol. The maximum atomic E-state index is 12.3. The third-order valence-corrected chi connectivity index (χ3v) is 2.63. The number of rotatable bonds is 2. The zero-order chi connectivity index (χ0) is 14.2. The number of aliphatic hydroxyl groups excluding tert-OH is 1. The van der Waals surface area contributed by atoms with E-state index in [1.807, 2.05) is 0 Å². The molecule has 4 nitrogen and oxygen atoms in total. The lowest BCUT2D eigenvalue weighted by Crippen LogP contribution is -2.29. The van der Waals surface area contributed by atoms with E-state index in [0.717, 1.165) is 0 Å². The van der Waals surface area contributed by atoms with Gasteiger partial charge in [0, 0.05) is 6.07 Å². The van der Waals surface area contributed by atoms with Gasteiger partial charge in [0.05, 0.1) is 18.2 Å². The SMILES string of the molecule is COc1ccc2c(c1)OCC(C(=O)C(F)(F)F)=C2O. The van der Waals surface area contributed by atoms with Crippen molar-refractivity contribution < 1.29 is 32.5 Å². The summed E-state index contributed by atoms with van der Waals surface area (Å²) in [6.07, 6.45) is -5.04. The monoisotopic (exact) mass is 274 g/mol. The number of methoxy groups -OCH3 is 1. The molecule has 1 aromatic carbocycles. The van der Waals surface area contributed by atoms with Crippen LogP contribution in [0.5, 0.6) is 11.5 Å². The summed E-state index contributed by atoms with van der Waals surface area (Å²) < 4.78 is 47.0. The summed E-state index contributed by atoms with van der Waals surface area (Å²) in [4.78, 5) is 11.1. The van der Waals surface area contributed by atoms with Crippen molar-refractivity contribution in [1.82, 2.24) is 0 Å². The predicted octanol–water partition coefficient (Wildman–Crippen LogP) is 2.49. The molecule has 0 saturated heterocycles. The highest BCUT2D eigenvalue weighted by Gasteiger charge is 2.43. The molecule has 0 bridgehead atoms. The topological polar surface area (TPSA) is 55.8 Å². The first kappa shape index (κ1) is 13.3. The van der Waals surface area contributed by atoms with E-state index < -0.39 is 29.9 Å². The molecule has 0 aliphatic carbocycles. The Morgan fingerprint density at radius 3 is 2.68 bits per heavy atom. The van der Waals surface area contributed by atoms with Crippen molar-refractivity contribution in [1.29, 1.82) is 0 Å². The molecule has 0 unspecified atom stereocenters. The van der Waals surface area contributed by atoms with Crippen molar-refractivity contribution in [2.24, 2.45) is 0 Å². The molecule has 0 amide bonds. The number of hydrogen-bond donors (Lipinski definition) is 1. The van der Waals surface area contributed by atoms with E-state index in [9.17, 15) is 23.1 Å². The van der Waals surface area contributed by atoms with Gasteiger partial charge < -0.3 is 14.6 Å². The van der Waals surface area contributed by atoms with Gasteiger partial charge >= 0.3 is 6.18 Å². The number of Topliss-reactive ketones (excluding diaryl/α,β-unsaturated/α-hetero) is 1. The number of carbonyl (C=O) groups is 1. The number of fused-ring (bicyclic) bond motifs is 1. The predicted molar refractivity (Wildman–Crippen MR) is 59.1 cm³/mol. The van der Waals surface area contributed by atoms with Crippen LogP contribution in [0.25, 0.3) is 5.76 Å². The zero-order valence-corrected chi connectivity index (χ0v) is 9.75. The number of aliphatic hydroxyl groups is 1. The van der Waals surface area contributed by atoms with Gasteiger partial charge in [-0.15, -0.1) is 0 Å². The van der Waals surface area contributed by atoms with Crippen molar-refractivity contribution in [2.75, 3.05) is 13.7 Å². The lowest BCUT2D eigenvalue weighted by Gasteiger charge is -2.21. The molecule has 0 saturated carbocycles. The smallest absolute Gasteiger partial charge is 0.454 e. The second-order valence-corrected chi connectivity index (χ2v) is 3.80. The van der Waals surface area contributed by atoms with Gasteiger partial charge in [0.2, 0.25) is 0 Å². The molecule has 0 radical (unpaired) electrons. The van der Waals surface area contributed by atoms with E-state index in [0.29, 0.717) is 5.75 Å². The summed E-state index contributed by atoms with van der Waals surface area (Å²) in [7, 11) is 1.42. The van der Waals surface area contributed by atoms with Crippen LogP contribution in [0.4, 0.5) is 13.2 Å². The minimum atomic E-state index is -5.04. The molecular weight excluding hydrogens is 265 g/mol. The molecule has 19 heavy (non-hydrogen) atoms. The largest absolute Gasteiger partial charge is 0.507 e. The Bertz CT molecular complexity index is 561. The Labute approximate surface area is 106 Å². The van der Waals surface area contributed by atoms with Crippen LogP contribution < -0.4 is 9.47 Å². The average Bonchev–Trinajstić information content (AvgIpc) is 2.37. The number of carbonyl (C=O) groups excluding carboxylic acids is 1. The Hall–Kier alpha value is -2.18. The molecule has 1 N–H and O–H groups in total. The van der Waals surface area contributed by atoms with E-state index in [1.54, 1.807) is 0 Å². The third-order valence-electron chi connectivity index (χ3n) is 2.63. The lowest BCUT2D eigenvalue weighted by atomic mass is 10.0. The molecule has 2 rings (SSSR count). The summed E-state index contributed by atoms with van der Waals surface area (Å²) >= 11 is 0. The quantitative estimate of drug-likeness (QED) is 0.900. The number of benzene rings is 1. The van der Waals surface area contributed by atoms with Crippen LogP contribution in [0.2, 0.25) is 0 Å². The van der Waals surface area contributed by atoms with E-state index in [4.69, 9.17) is 9.47 Å². The van der Waals surface area contributed by atoms with Crippen LogP contribution in [0, 0.1) is 0 Å². The van der Waals surface area contributed by atoms with Gasteiger partial charge in [-0.05, 0) is 12.1 Å². The maximum absolute atomic E-state index is 12.3. The van der Waals surface area contributed by atoms with Crippen molar-refractivity contribution in [3.63, 3.8) is 0 Å². The number of hydrogen-bond acceptors (Lipinski definition) is 4. The number of ketones is 1. The first-order valence-electron chi connectivity index (χ1n) is 5.19. The summed E-state index contributed by atoms with van der Waals surface area (Å²) in [6, 6.07) is 4.19.